The molecule has 0 spiro atoms. The van der Waals surface area contributed by atoms with Crippen molar-refractivity contribution < 1.29 is 9.18 Å². The van der Waals surface area contributed by atoms with Crippen LogP contribution in [0.1, 0.15) is 29.6 Å². The van der Waals surface area contributed by atoms with Gasteiger partial charge in [-0.3, -0.25) is 4.79 Å². The lowest BCUT2D eigenvalue weighted by molar-refractivity contribution is 0.0928. The summed E-state index contributed by atoms with van der Waals surface area (Å²) in [6.45, 7) is 1.71. The number of amides is 1. The summed E-state index contributed by atoms with van der Waals surface area (Å²) in [5.74, 6) is -0.582. The first-order valence-corrected chi connectivity index (χ1v) is 6.99. The Balaban J connectivity index is 1.91. The number of likely N-dealkylation sites (N-methyl/N-ethyl adjacent to an activating group) is 1. The van der Waals surface area contributed by atoms with E-state index in [1.54, 1.807) is 0 Å². The average Bonchev–Trinajstić information content (AvgIpc) is 2.40. The summed E-state index contributed by atoms with van der Waals surface area (Å²) in [6, 6.07) is 4.60. The van der Waals surface area contributed by atoms with Crippen molar-refractivity contribution >= 4 is 18.5 Å². The number of benzene rings is 1. The van der Waals surface area contributed by atoms with E-state index >= 15 is 0 Å². The highest BCUT2D eigenvalue weighted by molar-refractivity contribution is 7.80. The van der Waals surface area contributed by atoms with E-state index in [2.05, 4.69) is 29.9 Å². The number of hydrogen-bond acceptors (Lipinski definition) is 3. The van der Waals surface area contributed by atoms with E-state index in [1.165, 1.54) is 31.0 Å². The van der Waals surface area contributed by atoms with Gasteiger partial charge in [-0.2, -0.15) is 0 Å². The minimum atomic E-state index is -0.410. The van der Waals surface area contributed by atoms with Crippen molar-refractivity contribution in [1.29, 1.82) is 0 Å². The van der Waals surface area contributed by atoms with Crippen LogP contribution in [0.25, 0.3) is 0 Å². The molecule has 1 unspecified atom stereocenters. The Morgan fingerprint density at radius 1 is 1.53 bits per heavy atom. The molecule has 1 atom stereocenters. The molecule has 2 rings (SSSR count). The standard InChI is InChI=1S/C14H19FN2OS/c1-17-7-3-2-4-11(17)9-16-14(18)10-5-6-12(15)13(19)8-10/h5-6,8,11,19H,2-4,7,9H2,1H3,(H,16,18). The van der Waals surface area contributed by atoms with Crippen LogP contribution in [-0.4, -0.2) is 37.0 Å². The van der Waals surface area contributed by atoms with Crippen molar-refractivity contribution in [1.82, 2.24) is 10.2 Å². The smallest absolute Gasteiger partial charge is 0.251 e. The average molecular weight is 282 g/mol. The number of rotatable bonds is 3. The summed E-state index contributed by atoms with van der Waals surface area (Å²) >= 11 is 3.98. The van der Waals surface area contributed by atoms with Crippen LogP contribution >= 0.6 is 12.6 Å². The molecule has 19 heavy (non-hydrogen) atoms. The van der Waals surface area contributed by atoms with E-state index in [0.29, 0.717) is 18.2 Å². The van der Waals surface area contributed by atoms with Gasteiger partial charge < -0.3 is 10.2 Å². The number of piperidine rings is 1. The molecule has 0 aromatic heterocycles. The number of carbonyl (C=O) groups excluding carboxylic acids is 1. The maximum atomic E-state index is 13.1. The van der Waals surface area contributed by atoms with Crippen molar-refractivity contribution in [3.8, 4) is 0 Å². The highest BCUT2D eigenvalue weighted by Crippen LogP contribution is 2.16. The fraction of sp³-hybridized carbons (Fsp3) is 0.500. The number of likely N-dealkylation sites (tertiary alicyclic amines) is 1. The van der Waals surface area contributed by atoms with Crippen LogP contribution < -0.4 is 5.32 Å². The molecule has 0 bridgehead atoms. The van der Waals surface area contributed by atoms with Crippen molar-refractivity contribution in [2.24, 2.45) is 0 Å². The zero-order valence-corrected chi connectivity index (χ0v) is 11.9. The minimum Gasteiger partial charge on any atom is -0.350 e. The predicted octanol–water partition coefficient (Wildman–Crippen LogP) is 2.33. The lowest BCUT2D eigenvalue weighted by Crippen LogP contribution is -2.44. The third-order valence-electron chi connectivity index (χ3n) is 3.63. The van der Waals surface area contributed by atoms with E-state index in [0.717, 1.165) is 13.0 Å². The van der Waals surface area contributed by atoms with Gasteiger partial charge in [0.1, 0.15) is 5.82 Å². The molecule has 1 aliphatic rings. The van der Waals surface area contributed by atoms with Gasteiger partial charge in [-0.15, -0.1) is 12.6 Å². The molecule has 0 aliphatic carbocycles. The predicted molar refractivity (Wildman–Crippen MR) is 76.3 cm³/mol. The fourth-order valence-corrected chi connectivity index (χ4v) is 2.58. The summed E-state index contributed by atoms with van der Waals surface area (Å²) in [5, 5.41) is 2.91. The first kappa shape index (κ1) is 14.3. The molecule has 104 valence electrons. The van der Waals surface area contributed by atoms with Gasteiger partial charge in [-0.1, -0.05) is 6.42 Å². The number of nitrogens with zero attached hydrogens (tertiary/aromatic N) is 1. The van der Waals surface area contributed by atoms with Crippen LogP contribution in [-0.2, 0) is 0 Å². The second-order valence-corrected chi connectivity index (χ2v) is 5.49. The molecule has 5 heteroatoms. The second-order valence-electron chi connectivity index (χ2n) is 5.01. The van der Waals surface area contributed by atoms with Crippen LogP contribution in [0.2, 0.25) is 0 Å². The van der Waals surface area contributed by atoms with Crippen LogP contribution in [0, 0.1) is 5.82 Å². The summed E-state index contributed by atoms with van der Waals surface area (Å²) in [4.78, 5) is 14.4. The minimum absolute atomic E-state index is 0.172. The van der Waals surface area contributed by atoms with Gasteiger partial charge in [0, 0.05) is 23.0 Å². The Bertz CT molecular complexity index is 467. The summed E-state index contributed by atoms with van der Waals surface area (Å²) in [6.07, 6.45) is 3.54. The fourth-order valence-electron chi connectivity index (χ4n) is 2.37. The molecule has 1 saturated heterocycles. The van der Waals surface area contributed by atoms with Gasteiger partial charge in [0.05, 0.1) is 0 Å². The number of thiol groups is 1. The molecule has 0 radical (unpaired) electrons. The highest BCUT2D eigenvalue weighted by Gasteiger charge is 2.19. The molecule has 1 N–H and O–H groups in total. The summed E-state index contributed by atoms with van der Waals surface area (Å²) in [5.41, 5.74) is 0.449. The number of carbonyl (C=O) groups is 1. The first-order chi connectivity index (χ1) is 9.08. The van der Waals surface area contributed by atoms with Crippen molar-refractivity contribution in [2.45, 2.75) is 30.2 Å². The van der Waals surface area contributed by atoms with Crippen LogP contribution in [0.4, 0.5) is 4.39 Å². The molecule has 1 amide bonds. The largest absolute Gasteiger partial charge is 0.350 e. The summed E-state index contributed by atoms with van der Waals surface area (Å²) < 4.78 is 13.1. The van der Waals surface area contributed by atoms with E-state index in [-0.39, 0.29) is 10.8 Å². The van der Waals surface area contributed by atoms with Gasteiger partial charge in [0.15, 0.2) is 0 Å². The Morgan fingerprint density at radius 3 is 3.00 bits per heavy atom. The molecular weight excluding hydrogens is 263 g/mol. The van der Waals surface area contributed by atoms with E-state index in [4.69, 9.17) is 0 Å². The zero-order valence-electron chi connectivity index (χ0n) is 11.0. The molecule has 1 aromatic carbocycles. The van der Waals surface area contributed by atoms with Gasteiger partial charge in [-0.25, -0.2) is 4.39 Å². The summed E-state index contributed by atoms with van der Waals surface area (Å²) in [7, 11) is 2.08. The highest BCUT2D eigenvalue weighted by atomic mass is 32.1. The van der Waals surface area contributed by atoms with Crippen molar-refractivity contribution in [2.75, 3.05) is 20.1 Å². The molecular formula is C14H19FN2OS. The second kappa shape index (κ2) is 6.39. The Hall–Kier alpha value is -1.07. The van der Waals surface area contributed by atoms with Gasteiger partial charge in [0.25, 0.3) is 5.91 Å². The first-order valence-electron chi connectivity index (χ1n) is 6.55. The SMILES string of the molecule is CN1CCCCC1CNC(=O)c1ccc(F)c(S)c1. The number of hydrogen-bond donors (Lipinski definition) is 2. The monoisotopic (exact) mass is 282 g/mol. The molecule has 0 saturated carbocycles. The van der Waals surface area contributed by atoms with Crippen molar-refractivity contribution in [3.05, 3.63) is 29.6 Å². The van der Waals surface area contributed by atoms with Gasteiger partial charge in [-0.05, 0) is 44.6 Å². The number of nitrogens with one attached hydrogen (secondary N) is 1. The lowest BCUT2D eigenvalue weighted by atomic mass is 10.0. The van der Waals surface area contributed by atoms with Gasteiger partial charge >= 0.3 is 0 Å². The van der Waals surface area contributed by atoms with Crippen LogP contribution in [0.5, 0.6) is 0 Å². The Kier molecular flexibility index (Phi) is 4.82. The third-order valence-corrected chi connectivity index (χ3v) is 3.97. The van der Waals surface area contributed by atoms with E-state index in [1.807, 2.05) is 0 Å². The Labute approximate surface area is 118 Å². The van der Waals surface area contributed by atoms with E-state index in [9.17, 15) is 9.18 Å². The number of halogens is 1. The Morgan fingerprint density at radius 2 is 2.32 bits per heavy atom. The quantitative estimate of drug-likeness (QED) is 0.834. The molecule has 1 heterocycles. The molecule has 3 nitrogen and oxygen atoms in total. The van der Waals surface area contributed by atoms with Crippen LogP contribution in [0.15, 0.2) is 23.1 Å². The lowest BCUT2D eigenvalue weighted by Gasteiger charge is -2.32. The molecule has 1 aromatic rings. The van der Waals surface area contributed by atoms with E-state index < -0.39 is 5.82 Å². The zero-order chi connectivity index (χ0) is 13.8. The van der Waals surface area contributed by atoms with Crippen molar-refractivity contribution in [3.63, 3.8) is 0 Å². The van der Waals surface area contributed by atoms with Crippen LogP contribution in [0.3, 0.4) is 0 Å². The normalized spacial score (nSPS) is 20.3. The topological polar surface area (TPSA) is 32.3 Å². The maximum Gasteiger partial charge on any atom is 0.251 e. The molecule has 1 fully saturated rings. The molecule has 1 aliphatic heterocycles. The maximum absolute atomic E-state index is 13.1. The van der Waals surface area contributed by atoms with Gasteiger partial charge in [0.2, 0.25) is 0 Å². The third kappa shape index (κ3) is 3.70.